The molecule has 0 radical (unpaired) electrons. The number of aliphatic imine (C=N–C) groups is 1. The quantitative estimate of drug-likeness (QED) is 0.277. The van der Waals surface area contributed by atoms with E-state index in [9.17, 15) is 10.1 Å². The average molecular weight is 271 g/mol. The van der Waals surface area contributed by atoms with E-state index < -0.39 is 5.66 Å². The molecule has 1 aromatic carbocycles. The van der Waals surface area contributed by atoms with Gasteiger partial charge in [-0.3, -0.25) is 15.1 Å². The van der Waals surface area contributed by atoms with Crippen LogP contribution in [0.25, 0.3) is 0 Å². The molecule has 0 aromatic heterocycles. The van der Waals surface area contributed by atoms with Crippen molar-refractivity contribution in [3.05, 3.63) is 70.3 Å². The van der Waals surface area contributed by atoms with Crippen LogP contribution in [-0.4, -0.2) is 41.8 Å². The molecule has 20 heavy (non-hydrogen) atoms. The van der Waals surface area contributed by atoms with Crippen molar-refractivity contribution in [2.75, 3.05) is 14.1 Å². The fraction of sp³-hybridized carbons (Fsp3) is 0.267. The van der Waals surface area contributed by atoms with E-state index in [1.807, 2.05) is 30.3 Å². The van der Waals surface area contributed by atoms with Crippen LogP contribution in [0.5, 0.6) is 0 Å². The van der Waals surface area contributed by atoms with Crippen molar-refractivity contribution in [3.63, 3.8) is 0 Å². The van der Waals surface area contributed by atoms with Crippen molar-refractivity contribution in [2.45, 2.75) is 11.7 Å². The summed E-state index contributed by atoms with van der Waals surface area (Å²) in [6.45, 7) is 0. The Balaban J connectivity index is 2.12. The van der Waals surface area contributed by atoms with E-state index in [-0.39, 0.29) is 11.0 Å². The largest absolute Gasteiger partial charge is 0.314 e. The fourth-order valence-electron chi connectivity index (χ4n) is 1.99. The maximum atomic E-state index is 11.2. The summed E-state index contributed by atoms with van der Waals surface area (Å²) in [7, 11) is 3.37. The van der Waals surface area contributed by atoms with Crippen molar-refractivity contribution in [1.29, 1.82) is 0 Å². The van der Waals surface area contributed by atoms with Gasteiger partial charge in [0.25, 0.3) is 0 Å². The Morgan fingerprint density at radius 1 is 1.25 bits per heavy atom. The number of benzene rings is 1. The first kappa shape index (κ1) is 14.1. The third-order valence-corrected chi connectivity index (χ3v) is 3.28. The second-order valence-electron chi connectivity index (χ2n) is 4.83. The lowest BCUT2D eigenvalue weighted by molar-refractivity contribution is -0.567. The molecule has 1 aliphatic rings. The highest BCUT2D eigenvalue weighted by atomic mass is 16.6. The SMILES string of the molecule is CN(C)C1([N+](=O)[O-])C=CC(N=Cc2ccccc2)C=C1. The van der Waals surface area contributed by atoms with Crippen LogP contribution in [0.1, 0.15) is 5.56 Å². The van der Waals surface area contributed by atoms with E-state index in [0.717, 1.165) is 5.56 Å². The van der Waals surface area contributed by atoms with E-state index in [1.54, 1.807) is 49.5 Å². The Morgan fingerprint density at radius 2 is 1.85 bits per heavy atom. The van der Waals surface area contributed by atoms with Crippen LogP contribution in [0, 0.1) is 10.1 Å². The van der Waals surface area contributed by atoms with Crippen LogP contribution in [0.4, 0.5) is 0 Å². The first-order valence-corrected chi connectivity index (χ1v) is 6.33. The molecule has 0 bridgehead atoms. The molecule has 0 atom stereocenters. The molecule has 0 unspecified atom stereocenters. The molecule has 0 spiro atoms. The van der Waals surface area contributed by atoms with Crippen molar-refractivity contribution >= 4 is 6.21 Å². The van der Waals surface area contributed by atoms with Gasteiger partial charge in [-0.1, -0.05) is 42.5 Å². The first-order chi connectivity index (χ1) is 9.54. The van der Waals surface area contributed by atoms with Gasteiger partial charge < -0.3 is 0 Å². The minimum absolute atomic E-state index is 0.164. The van der Waals surface area contributed by atoms with Crippen LogP contribution in [0.15, 0.2) is 59.6 Å². The molecule has 0 heterocycles. The summed E-state index contributed by atoms with van der Waals surface area (Å²) in [4.78, 5) is 16.9. The molecule has 104 valence electrons. The summed E-state index contributed by atoms with van der Waals surface area (Å²) >= 11 is 0. The zero-order valence-corrected chi connectivity index (χ0v) is 11.5. The Morgan fingerprint density at radius 3 is 2.35 bits per heavy atom. The highest BCUT2D eigenvalue weighted by Crippen LogP contribution is 2.22. The Hall–Kier alpha value is -2.27. The molecular formula is C15H17N3O2. The van der Waals surface area contributed by atoms with Gasteiger partial charge in [0.1, 0.15) is 0 Å². The lowest BCUT2D eigenvalue weighted by Gasteiger charge is -2.27. The normalized spacial score (nSPS) is 25.4. The highest BCUT2D eigenvalue weighted by Gasteiger charge is 2.41. The van der Waals surface area contributed by atoms with E-state index in [0.29, 0.717) is 0 Å². The number of rotatable bonds is 4. The number of hydrogen-bond donors (Lipinski definition) is 0. The van der Waals surface area contributed by atoms with E-state index in [2.05, 4.69) is 4.99 Å². The maximum Gasteiger partial charge on any atom is 0.314 e. The molecule has 0 amide bonds. The predicted molar refractivity (Wildman–Crippen MR) is 79.5 cm³/mol. The standard InChI is InChI=1S/C15H17N3O2/c1-17(2)15(18(19)20)10-8-14(9-11-15)16-12-13-6-4-3-5-7-13/h3-12,14H,1-2H3. The van der Waals surface area contributed by atoms with Crippen LogP contribution in [-0.2, 0) is 0 Å². The Kier molecular flexibility index (Phi) is 4.10. The lowest BCUT2D eigenvalue weighted by Crippen LogP contribution is -2.48. The molecule has 5 heteroatoms. The minimum atomic E-state index is -1.27. The maximum absolute atomic E-state index is 11.2. The minimum Gasteiger partial charge on any atom is -0.281 e. The molecule has 1 aromatic rings. The summed E-state index contributed by atoms with van der Waals surface area (Å²) in [6.07, 6.45) is 8.44. The lowest BCUT2D eigenvalue weighted by atomic mass is 10.0. The van der Waals surface area contributed by atoms with Gasteiger partial charge in [-0.2, -0.15) is 0 Å². The molecule has 5 nitrogen and oxygen atoms in total. The van der Waals surface area contributed by atoms with Crippen molar-refractivity contribution < 1.29 is 4.92 Å². The van der Waals surface area contributed by atoms with Crippen molar-refractivity contribution in [1.82, 2.24) is 4.90 Å². The molecule has 2 rings (SSSR count). The van der Waals surface area contributed by atoms with Gasteiger partial charge in [0.05, 0.1) is 11.0 Å². The average Bonchev–Trinajstić information content (AvgIpc) is 2.46. The van der Waals surface area contributed by atoms with E-state index in [4.69, 9.17) is 0 Å². The Bertz CT molecular complexity index is 548. The molecule has 0 fully saturated rings. The summed E-state index contributed by atoms with van der Waals surface area (Å²) in [5, 5.41) is 11.2. The molecule has 0 aliphatic heterocycles. The smallest absolute Gasteiger partial charge is 0.281 e. The van der Waals surface area contributed by atoms with Gasteiger partial charge in [0.2, 0.25) is 0 Å². The molecule has 0 saturated carbocycles. The number of nitrogens with zero attached hydrogens (tertiary/aromatic N) is 3. The van der Waals surface area contributed by atoms with Crippen LogP contribution >= 0.6 is 0 Å². The zero-order valence-electron chi connectivity index (χ0n) is 11.5. The van der Waals surface area contributed by atoms with Gasteiger partial charge in [0.15, 0.2) is 0 Å². The van der Waals surface area contributed by atoms with Crippen LogP contribution in [0.2, 0.25) is 0 Å². The molecular weight excluding hydrogens is 254 g/mol. The van der Waals surface area contributed by atoms with Gasteiger partial charge in [0, 0.05) is 18.4 Å². The second-order valence-corrected chi connectivity index (χ2v) is 4.83. The van der Waals surface area contributed by atoms with Crippen molar-refractivity contribution in [3.8, 4) is 0 Å². The highest BCUT2D eigenvalue weighted by molar-refractivity contribution is 5.79. The van der Waals surface area contributed by atoms with Gasteiger partial charge in [-0.15, -0.1) is 0 Å². The van der Waals surface area contributed by atoms with Crippen molar-refractivity contribution in [2.24, 2.45) is 4.99 Å². The first-order valence-electron chi connectivity index (χ1n) is 6.33. The number of hydrogen-bond acceptors (Lipinski definition) is 4. The second kappa shape index (κ2) is 5.79. The zero-order chi connectivity index (χ0) is 14.6. The number of likely N-dealkylation sites (N-methyl/N-ethyl adjacent to an activating group) is 1. The summed E-state index contributed by atoms with van der Waals surface area (Å²) in [6, 6.07) is 9.58. The number of nitro groups is 1. The molecule has 0 saturated heterocycles. The van der Waals surface area contributed by atoms with Gasteiger partial charge >= 0.3 is 5.66 Å². The van der Waals surface area contributed by atoms with Crippen LogP contribution in [0.3, 0.4) is 0 Å². The summed E-state index contributed by atoms with van der Waals surface area (Å²) in [5.41, 5.74) is -0.258. The molecule has 1 aliphatic carbocycles. The monoisotopic (exact) mass is 271 g/mol. The topological polar surface area (TPSA) is 58.7 Å². The summed E-state index contributed by atoms with van der Waals surface area (Å²) in [5.74, 6) is 0. The summed E-state index contributed by atoms with van der Waals surface area (Å²) < 4.78 is 0. The third kappa shape index (κ3) is 2.83. The fourth-order valence-corrected chi connectivity index (χ4v) is 1.99. The Labute approximate surface area is 118 Å². The van der Waals surface area contributed by atoms with Crippen LogP contribution < -0.4 is 0 Å². The van der Waals surface area contributed by atoms with E-state index >= 15 is 0 Å². The van der Waals surface area contributed by atoms with E-state index in [1.165, 1.54) is 0 Å². The van der Waals surface area contributed by atoms with Gasteiger partial charge in [-0.05, 0) is 19.7 Å². The third-order valence-electron chi connectivity index (χ3n) is 3.28. The predicted octanol–water partition coefficient (Wildman–Crippen LogP) is 2.13. The molecule has 0 N–H and O–H groups in total. The van der Waals surface area contributed by atoms with Gasteiger partial charge in [-0.25, -0.2) is 4.90 Å².